The van der Waals surface area contributed by atoms with Crippen LogP contribution in [0, 0.1) is 0 Å². The van der Waals surface area contributed by atoms with E-state index in [2.05, 4.69) is 0 Å². The molecular formula is C13H18O6. The number of hydrogen-bond donors (Lipinski definition) is 3. The maximum Gasteiger partial charge on any atom is 0.335 e. The largest absolute Gasteiger partial charge is 0.490 e. The predicted octanol–water partition coefficient (Wildman–Crippen LogP) is 0.907. The molecule has 0 aliphatic carbocycles. The molecule has 0 atom stereocenters. The number of benzene rings is 1. The third-order valence-electron chi connectivity index (χ3n) is 2.31. The first-order valence-electron chi connectivity index (χ1n) is 6.03. The Morgan fingerprint density at radius 3 is 2.11 bits per heavy atom. The van der Waals surface area contributed by atoms with Gasteiger partial charge in [0, 0.05) is 26.1 Å². The van der Waals surface area contributed by atoms with Crippen molar-refractivity contribution < 1.29 is 29.6 Å². The van der Waals surface area contributed by atoms with E-state index >= 15 is 0 Å². The van der Waals surface area contributed by atoms with Gasteiger partial charge in [0.15, 0.2) is 11.5 Å². The molecule has 0 spiro atoms. The number of carboxylic acids is 1. The number of carbonyl (C=O) groups is 1. The van der Waals surface area contributed by atoms with Crippen molar-refractivity contribution in [2.75, 3.05) is 26.4 Å². The molecule has 0 aromatic heterocycles. The van der Waals surface area contributed by atoms with Crippen molar-refractivity contribution in [1.29, 1.82) is 0 Å². The third kappa shape index (κ3) is 5.15. The fraction of sp³-hybridized carbons (Fsp3) is 0.462. The minimum atomic E-state index is -1.05. The summed E-state index contributed by atoms with van der Waals surface area (Å²) < 4.78 is 10.8. The topological polar surface area (TPSA) is 96.2 Å². The van der Waals surface area contributed by atoms with Crippen molar-refractivity contribution in [3.05, 3.63) is 23.8 Å². The molecule has 3 N–H and O–H groups in total. The third-order valence-corrected chi connectivity index (χ3v) is 2.31. The molecule has 1 aromatic rings. The summed E-state index contributed by atoms with van der Waals surface area (Å²) in [6.07, 6.45) is 0.935. The van der Waals surface area contributed by atoms with Gasteiger partial charge in [0.2, 0.25) is 0 Å². The molecule has 0 heterocycles. The van der Waals surface area contributed by atoms with Crippen molar-refractivity contribution in [3.8, 4) is 11.5 Å². The van der Waals surface area contributed by atoms with E-state index in [1.165, 1.54) is 18.2 Å². The molecule has 0 amide bonds. The van der Waals surface area contributed by atoms with Crippen molar-refractivity contribution >= 4 is 5.97 Å². The number of rotatable bonds is 9. The van der Waals surface area contributed by atoms with Crippen molar-refractivity contribution in [1.82, 2.24) is 0 Å². The summed E-state index contributed by atoms with van der Waals surface area (Å²) in [5.41, 5.74) is 0.105. The van der Waals surface area contributed by atoms with Gasteiger partial charge in [0.05, 0.1) is 18.8 Å². The van der Waals surface area contributed by atoms with Gasteiger partial charge >= 0.3 is 5.97 Å². The SMILES string of the molecule is O=C(O)c1ccc(OCCCO)c(OCCCO)c1. The highest BCUT2D eigenvalue weighted by Gasteiger charge is 2.10. The van der Waals surface area contributed by atoms with Crippen molar-refractivity contribution in [2.45, 2.75) is 12.8 Å². The van der Waals surface area contributed by atoms with Crippen LogP contribution in [0.2, 0.25) is 0 Å². The Morgan fingerprint density at radius 1 is 1.00 bits per heavy atom. The van der Waals surface area contributed by atoms with Gasteiger partial charge < -0.3 is 24.8 Å². The van der Waals surface area contributed by atoms with Crippen LogP contribution in [0.15, 0.2) is 18.2 Å². The Balaban J connectivity index is 2.78. The summed E-state index contributed by atoms with van der Waals surface area (Å²) in [5, 5.41) is 26.3. The highest BCUT2D eigenvalue weighted by atomic mass is 16.5. The van der Waals surface area contributed by atoms with Crippen LogP contribution < -0.4 is 9.47 Å². The van der Waals surface area contributed by atoms with Crippen LogP contribution in [0.4, 0.5) is 0 Å². The molecule has 0 aliphatic rings. The highest BCUT2D eigenvalue weighted by molar-refractivity contribution is 5.88. The summed E-state index contributed by atoms with van der Waals surface area (Å²) in [4.78, 5) is 10.9. The number of aliphatic hydroxyl groups is 2. The molecule has 0 saturated heterocycles. The predicted molar refractivity (Wildman–Crippen MR) is 67.8 cm³/mol. The van der Waals surface area contributed by atoms with E-state index in [1.807, 2.05) is 0 Å². The summed E-state index contributed by atoms with van der Waals surface area (Å²) in [7, 11) is 0. The van der Waals surface area contributed by atoms with Gasteiger partial charge in [-0.25, -0.2) is 4.79 Å². The minimum Gasteiger partial charge on any atom is -0.490 e. The van der Waals surface area contributed by atoms with Crippen LogP contribution in [-0.4, -0.2) is 47.7 Å². The summed E-state index contributed by atoms with van der Waals surface area (Å²) in [5.74, 6) is -0.295. The Bertz CT molecular complexity index is 404. The van der Waals surface area contributed by atoms with Crippen LogP contribution >= 0.6 is 0 Å². The quantitative estimate of drug-likeness (QED) is 0.577. The second-order valence-corrected chi connectivity index (χ2v) is 3.82. The molecule has 0 aliphatic heterocycles. The summed E-state index contributed by atoms with van der Waals surface area (Å²) >= 11 is 0. The number of ether oxygens (including phenoxy) is 2. The zero-order valence-corrected chi connectivity index (χ0v) is 10.5. The van der Waals surface area contributed by atoms with E-state index < -0.39 is 5.97 Å². The number of aromatic carboxylic acids is 1. The van der Waals surface area contributed by atoms with Gasteiger partial charge in [-0.15, -0.1) is 0 Å². The van der Waals surface area contributed by atoms with E-state index in [-0.39, 0.29) is 25.4 Å². The lowest BCUT2D eigenvalue weighted by Crippen LogP contribution is -2.06. The zero-order chi connectivity index (χ0) is 14.1. The molecular weight excluding hydrogens is 252 g/mol. The first-order valence-corrected chi connectivity index (χ1v) is 6.03. The molecule has 6 nitrogen and oxygen atoms in total. The second-order valence-electron chi connectivity index (χ2n) is 3.82. The summed E-state index contributed by atoms with van der Waals surface area (Å²) in [6, 6.07) is 4.33. The van der Waals surface area contributed by atoms with Crippen molar-refractivity contribution in [2.24, 2.45) is 0 Å². The molecule has 106 valence electrons. The molecule has 1 aromatic carbocycles. The first-order chi connectivity index (χ1) is 9.19. The average molecular weight is 270 g/mol. The van der Waals surface area contributed by atoms with E-state index in [0.29, 0.717) is 30.9 Å². The van der Waals surface area contributed by atoms with Crippen LogP contribution in [0.3, 0.4) is 0 Å². The Hall–Kier alpha value is -1.79. The average Bonchev–Trinajstić information content (AvgIpc) is 2.40. The zero-order valence-electron chi connectivity index (χ0n) is 10.5. The van der Waals surface area contributed by atoms with Crippen LogP contribution in [-0.2, 0) is 0 Å². The fourth-order valence-corrected chi connectivity index (χ4v) is 1.37. The number of aliphatic hydroxyl groups excluding tert-OH is 2. The number of carboxylic acid groups (broad SMARTS) is 1. The normalized spacial score (nSPS) is 10.2. The summed E-state index contributed by atoms with van der Waals surface area (Å²) in [6.45, 7) is 0.614. The molecule has 1 rings (SSSR count). The lowest BCUT2D eigenvalue weighted by Gasteiger charge is -2.13. The van der Waals surface area contributed by atoms with Gasteiger partial charge in [-0.2, -0.15) is 0 Å². The van der Waals surface area contributed by atoms with Crippen LogP contribution in [0.25, 0.3) is 0 Å². The van der Waals surface area contributed by atoms with E-state index in [1.54, 1.807) is 0 Å². The van der Waals surface area contributed by atoms with Crippen LogP contribution in [0.5, 0.6) is 11.5 Å². The molecule has 19 heavy (non-hydrogen) atoms. The highest BCUT2D eigenvalue weighted by Crippen LogP contribution is 2.28. The Labute approximate surface area is 111 Å². The Morgan fingerprint density at radius 2 is 1.58 bits per heavy atom. The molecule has 0 radical (unpaired) electrons. The first kappa shape index (κ1) is 15.3. The molecule has 0 saturated carbocycles. The van der Waals surface area contributed by atoms with Gasteiger partial charge in [-0.05, 0) is 18.2 Å². The lowest BCUT2D eigenvalue weighted by atomic mass is 10.2. The molecule has 0 bridgehead atoms. The lowest BCUT2D eigenvalue weighted by molar-refractivity contribution is 0.0696. The van der Waals surface area contributed by atoms with E-state index in [0.717, 1.165) is 0 Å². The van der Waals surface area contributed by atoms with Gasteiger partial charge in [-0.3, -0.25) is 0 Å². The van der Waals surface area contributed by atoms with E-state index in [4.69, 9.17) is 24.8 Å². The van der Waals surface area contributed by atoms with Gasteiger partial charge in [-0.1, -0.05) is 0 Å². The van der Waals surface area contributed by atoms with Crippen LogP contribution in [0.1, 0.15) is 23.2 Å². The molecule has 0 fully saturated rings. The maximum absolute atomic E-state index is 10.9. The standard InChI is InChI=1S/C13H18O6/c14-5-1-7-18-11-4-3-10(13(16)17)9-12(11)19-8-2-6-15/h3-4,9,14-15H,1-2,5-8H2,(H,16,17). The van der Waals surface area contributed by atoms with E-state index in [9.17, 15) is 4.79 Å². The Kier molecular flexibility index (Phi) is 6.70. The smallest absolute Gasteiger partial charge is 0.335 e. The van der Waals surface area contributed by atoms with Gasteiger partial charge in [0.25, 0.3) is 0 Å². The minimum absolute atomic E-state index is 0.000670. The maximum atomic E-state index is 10.9. The van der Waals surface area contributed by atoms with Gasteiger partial charge in [0.1, 0.15) is 0 Å². The second kappa shape index (κ2) is 8.34. The molecule has 6 heteroatoms. The molecule has 0 unspecified atom stereocenters. The fourth-order valence-electron chi connectivity index (χ4n) is 1.37. The monoisotopic (exact) mass is 270 g/mol. The van der Waals surface area contributed by atoms with Crippen molar-refractivity contribution in [3.63, 3.8) is 0 Å². The number of hydrogen-bond acceptors (Lipinski definition) is 5.